The van der Waals surface area contributed by atoms with E-state index in [4.69, 9.17) is 9.15 Å². The molecule has 5 nitrogen and oxygen atoms in total. The Kier molecular flexibility index (Phi) is 3.02. The van der Waals surface area contributed by atoms with Crippen molar-refractivity contribution in [2.75, 3.05) is 7.11 Å². The Hall–Kier alpha value is -2.95. The van der Waals surface area contributed by atoms with Crippen LogP contribution in [0.2, 0.25) is 0 Å². The van der Waals surface area contributed by atoms with Crippen molar-refractivity contribution in [1.29, 1.82) is 0 Å². The Bertz CT molecular complexity index is 862. The molecule has 0 bridgehead atoms. The van der Waals surface area contributed by atoms with Gasteiger partial charge in [-0.25, -0.2) is 4.79 Å². The second kappa shape index (κ2) is 4.86. The van der Waals surface area contributed by atoms with E-state index in [0.717, 1.165) is 0 Å². The zero-order valence-electron chi connectivity index (χ0n) is 11.2. The molecule has 1 aromatic heterocycles. The van der Waals surface area contributed by atoms with Gasteiger partial charge in [0.2, 0.25) is 0 Å². The maximum absolute atomic E-state index is 12.1. The molecule has 0 aliphatic rings. The summed E-state index contributed by atoms with van der Waals surface area (Å²) in [7, 11) is 1.54. The molecule has 0 fully saturated rings. The highest BCUT2D eigenvalue weighted by Crippen LogP contribution is 2.37. The fourth-order valence-electron chi connectivity index (χ4n) is 2.23. The molecule has 3 rings (SSSR count). The number of ether oxygens (including phenoxy) is 1. The fraction of sp³-hybridized carbons (Fsp3) is 0.0625. The Morgan fingerprint density at radius 2 is 1.76 bits per heavy atom. The molecule has 0 unspecified atom stereocenters. The van der Waals surface area contributed by atoms with E-state index in [1.54, 1.807) is 24.3 Å². The third-order valence-electron chi connectivity index (χ3n) is 3.26. The molecule has 106 valence electrons. The zero-order chi connectivity index (χ0) is 15.0. The van der Waals surface area contributed by atoms with E-state index in [9.17, 15) is 15.0 Å². The highest BCUT2D eigenvalue weighted by molar-refractivity contribution is 5.94. The topological polar surface area (TPSA) is 79.9 Å². The van der Waals surface area contributed by atoms with E-state index in [-0.39, 0.29) is 28.0 Å². The summed E-state index contributed by atoms with van der Waals surface area (Å²) < 4.78 is 10.2. The van der Waals surface area contributed by atoms with Gasteiger partial charge in [-0.15, -0.1) is 0 Å². The number of hydrogen-bond acceptors (Lipinski definition) is 5. The first-order valence-electron chi connectivity index (χ1n) is 6.24. The molecule has 5 heteroatoms. The largest absolute Gasteiger partial charge is 0.507 e. The summed E-state index contributed by atoms with van der Waals surface area (Å²) in [5.74, 6) is 0.180. The molecule has 0 atom stereocenters. The number of fused-ring (bicyclic) bond motifs is 1. The summed E-state index contributed by atoms with van der Waals surface area (Å²) in [6.45, 7) is 0. The fourth-order valence-corrected chi connectivity index (χ4v) is 2.23. The van der Waals surface area contributed by atoms with Crippen LogP contribution in [0, 0.1) is 0 Å². The minimum absolute atomic E-state index is 0.00616. The maximum atomic E-state index is 12.1. The molecule has 3 aromatic rings. The number of phenols is 1. The van der Waals surface area contributed by atoms with Gasteiger partial charge in [0.15, 0.2) is 0 Å². The molecule has 0 saturated carbocycles. The predicted molar refractivity (Wildman–Crippen MR) is 77.8 cm³/mol. The number of benzene rings is 2. The maximum Gasteiger partial charge on any atom is 0.347 e. The lowest BCUT2D eigenvalue weighted by Gasteiger charge is -2.08. The highest BCUT2D eigenvalue weighted by atomic mass is 16.5. The Labute approximate surface area is 119 Å². The number of aromatic hydroxyl groups is 2. The van der Waals surface area contributed by atoms with Gasteiger partial charge in [-0.1, -0.05) is 18.2 Å². The standard InChI is InChI=1S/C16H12O5/c1-20-10-7-5-9(6-8-10)13-15(18)14-11(17)3-2-4-12(14)21-16(13)19/h2-8,17-18H,1H3. The number of rotatable bonds is 2. The summed E-state index contributed by atoms with van der Waals surface area (Å²) in [5, 5.41) is 20.3. The van der Waals surface area contributed by atoms with Crippen molar-refractivity contribution in [2.24, 2.45) is 0 Å². The first-order chi connectivity index (χ1) is 10.1. The highest BCUT2D eigenvalue weighted by Gasteiger charge is 2.18. The average Bonchev–Trinajstić information content (AvgIpc) is 2.47. The number of methoxy groups -OCH3 is 1. The molecular weight excluding hydrogens is 272 g/mol. The van der Waals surface area contributed by atoms with Crippen LogP contribution in [0.1, 0.15) is 0 Å². The van der Waals surface area contributed by atoms with Crippen LogP contribution in [0.4, 0.5) is 0 Å². The van der Waals surface area contributed by atoms with Gasteiger partial charge in [-0.3, -0.25) is 0 Å². The molecule has 21 heavy (non-hydrogen) atoms. The van der Waals surface area contributed by atoms with E-state index in [2.05, 4.69) is 0 Å². The van der Waals surface area contributed by atoms with Crippen molar-refractivity contribution in [3.05, 3.63) is 52.9 Å². The molecule has 2 N–H and O–H groups in total. The van der Waals surface area contributed by atoms with E-state index < -0.39 is 5.63 Å². The van der Waals surface area contributed by atoms with Crippen LogP contribution in [0.3, 0.4) is 0 Å². The second-order valence-electron chi connectivity index (χ2n) is 4.49. The van der Waals surface area contributed by atoms with E-state index in [0.29, 0.717) is 11.3 Å². The van der Waals surface area contributed by atoms with Crippen LogP contribution in [-0.4, -0.2) is 17.3 Å². The summed E-state index contributed by atoms with van der Waals surface area (Å²) in [5.41, 5.74) is -0.0515. The van der Waals surface area contributed by atoms with E-state index >= 15 is 0 Å². The summed E-state index contributed by atoms with van der Waals surface area (Å²) in [6, 6.07) is 11.1. The summed E-state index contributed by atoms with van der Waals surface area (Å²) >= 11 is 0. The summed E-state index contributed by atoms with van der Waals surface area (Å²) in [6.07, 6.45) is 0. The van der Waals surface area contributed by atoms with Crippen molar-refractivity contribution in [1.82, 2.24) is 0 Å². The van der Waals surface area contributed by atoms with Crippen molar-refractivity contribution >= 4 is 11.0 Å². The van der Waals surface area contributed by atoms with Gasteiger partial charge in [0, 0.05) is 0 Å². The Morgan fingerprint density at radius 3 is 2.43 bits per heavy atom. The Balaban J connectivity index is 2.31. The van der Waals surface area contributed by atoms with Crippen molar-refractivity contribution < 1.29 is 19.4 Å². The molecule has 0 spiro atoms. The lowest BCUT2D eigenvalue weighted by molar-refractivity contribution is 0.415. The Morgan fingerprint density at radius 1 is 1.05 bits per heavy atom. The molecular formula is C16H12O5. The molecule has 0 amide bonds. The quantitative estimate of drug-likeness (QED) is 0.707. The summed E-state index contributed by atoms with van der Waals surface area (Å²) in [4.78, 5) is 12.1. The second-order valence-corrected chi connectivity index (χ2v) is 4.49. The van der Waals surface area contributed by atoms with Crippen molar-refractivity contribution in [3.63, 3.8) is 0 Å². The van der Waals surface area contributed by atoms with Crippen LogP contribution < -0.4 is 10.4 Å². The van der Waals surface area contributed by atoms with Gasteiger partial charge in [-0.2, -0.15) is 0 Å². The average molecular weight is 284 g/mol. The van der Waals surface area contributed by atoms with Gasteiger partial charge in [0.1, 0.15) is 33.8 Å². The predicted octanol–water partition coefficient (Wildman–Crippen LogP) is 2.88. The third kappa shape index (κ3) is 2.08. The van der Waals surface area contributed by atoms with Crippen molar-refractivity contribution in [3.8, 4) is 28.4 Å². The molecule has 1 heterocycles. The number of hydrogen-bond donors (Lipinski definition) is 2. The van der Waals surface area contributed by atoms with Gasteiger partial charge < -0.3 is 19.4 Å². The zero-order valence-corrected chi connectivity index (χ0v) is 11.2. The normalized spacial score (nSPS) is 10.7. The smallest absolute Gasteiger partial charge is 0.347 e. The van der Waals surface area contributed by atoms with Crippen LogP contribution >= 0.6 is 0 Å². The van der Waals surface area contributed by atoms with Crippen LogP contribution in [0.5, 0.6) is 17.2 Å². The minimum Gasteiger partial charge on any atom is -0.507 e. The number of phenolic OH excluding ortho intramolecular Hbond substituents is 1. The van der Waals surface area contributed by atoms with Crippen molar-refractivity contribution in [2.45, 2.75) is 0 Å². The molecule has 0 aliphatic carbocycles. The van der Waals surface area contributed by atoms with Gasteiger partial charge in [0.05, 0.1) is 7.11 Å². The first kappa shape index (κ1) is 13.1. The molecule has 0 aliphatic heterocycles. The molecule has 2 aromatic carbocycles. The lowest BCUT2D eigenvalue weighted by Crippen LogP contribution is -2.03. The van der Waals surface area contributed by atoms with E-state index in [1.807, 2.05) is 0 Å². The van der Waals surface area contributed by atoms with Gasteiger partial charge >= 0.3 is 5.63 Å². The van der Waals surface area contributed by atoms with Gasteiger partial charge in [0.25, 0.3) is 0 Å². The lowest BCUT2D eigenvalue weighted by atomic mass is 10.0. The minimum atomic E-state index is -0.671. The van der Waals surface area contributed by atoms with E-state index in [1.165, 1.54) is 25.3 Å². The molecule has 0 radical (unpaired) electrons. The third-order valence-corrected chi connectivity index (χ3v) is 3.26. The SMILES string of the molecule is COc1ccc(-c2c(O)c3c(O)cccc3oc2=O)cc1. The molecule has 0 saturated heterocycles. The van der Waals surface area contributed by atoms with Crippen LogP contribution in [0.15, 0.2) is 51.7 Å². The van der Waals surface area contributed by atoms with Crippen LogP contribution in [0.25, 0.3) is 22.1 Å². The first-order valence-corrected chi connectivity index (χ1v) is 6.24. The van der Waals surface area contributed by atoms with Crippen LogP contribution in [-0.2, 0) is 0 Å². The monoisotopic (exact) mass is 284 g/mol. The van der Waals surface area contributed by atoms with Gasteiger partial charge in [-0.05, 0) is 29.8 Å².